The molecule has 8 bridgehead atoms. The molecule has 2 aliphatic heterocycles. The Kier molecular flexibility index (Phi) is 6.70. The Bertz CT molecular complexity index is 3030. The van der Waals surface area contributed by atoms with E-state index in [9.17, 15) is 14.7 Å². The zero-order valence-corrected chi connectivity index (χ0v) is 27.6. The Morgan fingerprint density at radius 2 is 1.02 bits per heavy atom. The lowest BCUT2D eigenvalue weighted by Crippen LogP contribution is -2.26. The highest BCUT2D eigenvalue weighted by Crippen LogP contribution is 2.37. The summed E-state index contributed by atoms with van der Waals surface area (Å²) in [6.45, 7) is 0.0484. The van der Waals surface area contributed by atoms with Crippen LogP contribution in [-0.2, 0) is 6.67 Å². The Hall–Kier alpha value is -7.60. The fraction of sp³-hybridized carbons (Fsp3) is 0.0244. The maximum Gasteiger partial charge on any atom is 0.335 e. The van der Waals surface area contributed by atoms with E-state index in [-0.39, 0.29) is 18.1 Å². The van der Waals surface area contributed by atoms with Crippen LogP contribution in [0, 0.1) is 0 Å². The molecule has 8 aromatic rings. The number of carboxylic acid groups (broad SMARTS) is 1. The second-order valence-electron chi connectivity index (χ2n) is 12.6. The normalized spacial score (nSPS) is 11.7. The van der Waals surface area contributed by atoms with Gasteiger partial charge < -0.3 is 15.4 Å². The van der Waals surface area contributed by atoms with Crippen molar-refractivity contribution < 1.29 is 14.7 Å². The molecule has 0 spiro atoms. The maximum atomic E-state index is 13.4. The van der Waals surface area contributed by atoms with Gasteiger partial charge in [0.2, 0.25) is 0 Å². The molecule has 12 heteroatoms. The lowest BCUT2D eigenvalue weighted by molar-refractivity contribution is 0.0696. The average Bonchev–Trinajstić information content (AvgIpc) is 3.91. The molecule has 0 saturated carbocycles. The molecule has 0 fully saturated rings. The van der Waals surface area contributed by atoms with Crippen LogP contribution in [0.5, 0.6) is 0 Å². The first-order valence-corrected chi connectivity index (χ1v) is 16.8. The third-order valence-corrected chi connectivity index (χ3v) is 9.47. The van der Waals surface area contributed by atoms with Crippen LogP contribution >= 0.6 is 0 Å². The first kappa shape index (κ1) is 30.2. The fourth-order valence-corrected chi connectivity index (χ4v) is 6.94. The first-order chi connectivity index (χ1) is 26.0. The molecule has 5 aromatic carbocycles. The van der Waals surface area contributed by atoms with Crippen LogP contribution < -0.4 is 5.32 Å². The van der Waals surface area contributed by atoms with Gasteiger partial charge >= 0.3 is 5.97 Å². The summed E-state index contributed by atoms with van der Waals surface area (Å²) in [4.78, 5) is 59.1. The highest BCUT2D eigenvalue weighted by Gasteiger charge is 2.23. The largest absolute Gasteiger partial charge is 0.478 e. The maximum absolute atomic E-state index is 13.4. The number of carbonyl (C=O) groups is 2. The van der Waals surface area contributed by atoms with Crippen LogP contribution in [-0.4, -0.2) is 56.4 Å². The number of aromatic amines is 1. The SMILES string of the molecule is O=C(O)c1ccc2c3nc4nc(nc5c6ccccc6c(nc6nc(nc([nH]3)c2c1)-c1ccccc1-6)n5CNC(=O)c1ccccc1)-c1ccccc1-4. The van der Waals surface area contributed by atoms with Gasteiger partial charge in [0.15, 0.2) is 23.3 Å². The first-order valence-electron chi connectivity index (χ1n) is 16.8. The minimum Gasteiger partial charge on any atom is -0.478 e. The topological polar surface area (TPSA) is 164 Å². The third-order valence-electron chi connectivity index (χ3n) is 9.47. The van der Waals surface area contributed by atoms with Gasteiger partial charge in [-0.25, -0.2) is 34.7 Å². The molecule has 0 radical (unpaired) electrons. The molecule has 5 heterocycles. The number of hydrogen-bond acceptors (Lipinski definition) is 8. The third kappa shape index (κ3) is 4.92. The molecule has 53 heavy (non-hydrogen) atoms. The summed E-state index contributed by atoms with van der Waals surface area (Å²) in [6.07, 6.45) is 0. The van der Waals surface area contributed by atoms with E-state index in [1.165, 1.54) is 0 Å². The van der Waals surface area contributed by atoms with Gasteiger partial charge in [-0.1, -0.05) is 91.0 Å². The van der Waals surface area contributed by atoms with E-state index < -0.39 is 5.97 Å². The van der Waals surface area contributed by atoms with Crippen LogP contribution in [0.25, 0.3) is 89.7 Å². The molecule has 0 atom stereocenters. The number of aromatic nitrogens is 8. The lowest BCUT2D eigenvalue weighted by atomic mass is 10.1. The van der Waals surface area contributed by atoms with E-state index in [4.69, 9.17) is 29.9 Å². The predicted octanol–water partition coefficient (Wildman–Crippen LogP) is 7.43. The van der Waals surface area contributed by atoms with Gasteiger partial charge in [0, 0.05) is 49.4 Å². The molecule has 0 aliphatic carbocycles. The number of fused-ring (bicyclic) bond motifs is 20. The van der Waals surface area contributed by atoms with Crippen molar-refractivity contribution in [1.29, 1.82) is 0 Å². The summed E-state index contributed by atoms with van der Waals surface area (Å²) in [7, 11) is 0. The van der Waals surface area contributed by atoms with E-state index >= 15 is 0 Å². The van der Waals surface area contributed by atoms with Crippen LogP contribution in [0.15, 0.2) is 121 Å². The zero-order chi connectivity index (χ0) is 35.6. The number of carboxylic acids is 1. The van der Waals surface area contributed by atoms with Crippen LogP contribution in [0.2, 0.25) is 0 Å². The Morgan fingerprint density at radius 3 is 1.57 bits per heavy atom. The number of benzene rings is 5. The van der Waals surface area contributed by atoms with Gasteiger partial charge in [0.1, 0.15) is 22.6 Å². The van der Waals surface area contributed by atoms with Crippen molar-refractivity contribution in [3.05, 3.63) is 132 Å². The number of rotatable bonds is 4. The molecule has 12 nitrogen and oxygen atoms in total. The van der Waals surface area contributed by atoms with E-state index in [0.29, 0.717) is 62.2 Å². The molecule has 10 rings (SSSR count). The minimum atomic E-state index is -1.06. The zero-order valence-electron chi connectivity index (χ0n) is 27.6. The van der Waals surface area contributed by atoms with Crippen molar-refractivity contribution in [2.45, 2.75) is 6.67 Å². The van der Waals surface area contributed by atoms with Gasteiger partial charge in [0.05, 0.1) is 12.2 Å². The highest BCUT2D eigenvalue weighted by atomic mass is 16.4. The second kappa shape index (κ2) is 11.7. The predicted molar refractivity (Wildman–Crippen MR) is 201 cm³/mol. The Balaban J connectivity index is 1.35. The lowest BCUT2D eigenvalue weighted by Gasteiger charge is -2.08. The standard InChI is InChI=1S/C41H25N9O3/c51-40(22-10-2-1-3-11-22)42-21-50-38-29-16-8-9-17-30(29)39(50)49-36-27-15-7-5-13-25(27)33(45-36)46-37-31-20-23(41(52)53)18-19-28(31)34(47-37)43-32-24-12-4-6-14-26(24)35(44-32)48-38/h1-20H,21H2,(H,42,51)(H,52,53)(H,43,44,45,46,47,48,49). The molecule has 252 valence electrons. The smallest absolute Gasteiger partial charge is 0.335 e. The van der Waals surface area contributed by atoms with Gasteiger partial charge in [0.25, 0.3) is 5.91 Å². The number of carbonyl (C=O) groups excluding carboxylic acids is 1. The molecule has 3 aromatic heterocycles. The minimum absolute atomic E-state index is 0.0484. The molecule has 2 aliphatic rings. The van der Waals surface area contributed by atoms with Crippen molar-refractivity contribution in [2.24, 2.45) is 0 Å². The number of nitrogens with one attached hydrogen (secondary N) is 2. The van der Waals surface area contributed by atoms with Crippen molar-refractivity contribution in [3.8, 4) is 45.6 Å². The van der Waals surface area contributed by atoms with Gasteiger partial charge in [-0.05, 0) is 30.3 Å². The number of hydrogen-bond donors (Lipinski definition) is 3. The van der Waals surface area contributed by atoms with Crippen LogP contribution in [0.1, 0.15) is 20.7 Å². The Labute approximate surface area is 299 Å². The fourth-order valence-electron chi connectivity index (χ4n) is 6.94. The van der Waals surface area contributed by atoms with Gasteiger partial charge in [-0.2, -0.15) is 0 Å². The number of amides is 1. The average molecular weight is 692 g/mol. The van der Waals surface area contributed by atoms with Gasteiger partial charge in [-0.3, -0.25) is 9.36 Å². The van der Waals surface area contributed by atoms with E-state index in [0.717, 1.165) is 33.0 Å². The number of aromatic carboxylic acids is 1. The van der Waals surface area contributed by atoms with Crippen LogP contribution in [0.4, 0.5) is 0 Å². The van der Waals surface area contributed by atoms with Gasteiger partial charge in [-0.15, -0.1) is 0 Å². The highest BCUT2D eigenvalue weighted by molar-refractivity contribution is 6.08. The summed E-state index contributed by atoms with van der Waals surface area (Å²) in [5.41, 5.74) is 5.64. The summed E-state index contributed by atoms with van der Waals surface area (Å²) in [6, 6.07) is 37.1. The molecular formula is C41H25N9O3. The molecular weight excluding hydrogens is 667 g/mol. The van der Waals surface area contributed by atoms with E-state index in [2.05, 4.69) is 10.3 Å². The molecule has 0 unspecified atom stereocenters. The van der Waals surface area contributed by atoms with Crippen molar-refractivity contribution >= 4 is 56.0 Å². The summed E-state index contributed by atoms with van der Waals surface area (Å²) >= 11 is 0. The molecule has 1 amide bonds. The van der Waals surface area contributed by atoms with Crippen LogP contribution in [0.3, 0.4) is 0 Å². The van der Waals surface area contributed by atoms with Crippen molar-refractivity contribution in [2.75, 3.05) is 0 Å². The molecule has 0 saturated heterocycles. The number of H-pyrrole nitrogens is 1. The monoisotopic (exact) mass is 691 g/mol. The summed E-state index contributed by atoms with van der Waals surface area (Å²) < 4.78 is 1.87. The van der Waals surface area contributed by atoms with E-state index in [1.807, 2.05) is 95.6 Å². The Morgan fingerprint density at radius 1 is 0.528 bits per heavy atom. The van der Waals surface area contributed by atoms with Crippen molar-refractivity contribution in [3.63, 3.8) is 0 Å². The van der Waals surface area contributed by atoms with Crippen molar-refractivity contribution in [1.82, 2.24) is 44.8 Å². The summed E-state index contributed by atoms with van der Waals surface area (Å²) in [5.74, 6) is 0.366. The van der Waals surface area contributed by atoms with E-state index in [1.54, 1.807) is 30.3 Å². The molecule has 3 N–H and O–H groups in total. The summed E-state index contributed by atoms with van der Waals surface area (Å²) in [5, 5.41) is 15.8. The quantitative estimate of drug-likeness (QED) is 0.170. The number of nitrogens with zero attached hydrogens (tertiary/aromatic N) is 7. The second-order valence-corrected chi connectivity index (χ2v) is 12.6.